The number of carboxylic acid groups (broad SMARTS) is 1. The highest BCUT2D eigenvalue weighted by Crippen LogP contribution is 2.30. The largest absolute Gasteiger partial charge is 0.480 e. The van der Waals surface area contributed by atoms with E-state index in [0.717, 1.165) is 51.6 Å². The maximum atomic E-state index is 13.6. The number of nitrogens with one attached hydrogen (secondary N) is 1. The van der Waals surface area contributed by atoms with Gasteiger partial charge in [0.05, 0.1) is 0 Å². The number of likely N-dealkylation sites (tertiary alicyclic amines) is 2. The van der Waals surface area contributed by atoms with Crippen molar-refractivity contribution >= 4 is 18.0 Å². The molecule has 2 amide bonds. The molecule has 3 atom stereocenters. The third kappa shape index (κ3) is 6.83. The molecule has 0 spiro atoms. The van der Waals surface area contributed by atoms with Gasteiger partial charge in [-0.3, -0.25) is 9.69 Å². The minimum atomic E-state index is -0.966. The van der Waals surface area contributed by atoms with Crippen LogP contribution in [0.3, 0.4) is 0 Å². The van der Waals surface area contributed by atoms with E-state index in [1.807, 2.05) is 0 Å². The number of ether oxygens (including phenoxy) is 1. The fraction of sp³-hybridized carbons (Fsp3) is 0.875. The molecule has 8 nitrogen and oxygen atoms in total. The molecule has 3 aliphatic rings. The first-order valence-electron chi connectivity index (χ1n) is 12.4. The van der Waals surface area contributed by atoms with Crippen LogP contribution in [0.1, 0.15) is 85.0 Å². The Morgan fingerprint density at radius 2 is 1.66 bits per heavy atom. The highest BCUT2D eigenvalue weighted by atomic mass is 16.6. The first-order chi connectivity index (χ1) is 15.1. The molecular formula is C24H41N3O5. The first kappa shape index (κ1) is 24.8. The van der Waals surface area contributed by atoms with E-state index in [0.29, 0.717) is 25.3 Å². The van der Waals surface area contributed by atoms with Crippen molar-refractivity contribution in [3.05, 3.63) is 0 Å². The summed E-state index contributed by atoms with van der Waals surface area (Å²) in [7, 11) is 0. The molecule has 1 saturated carbocycles. The summed E-state index contributed by atoms with van der Waals surface area (Å²) in [5.41, 5.74) is -0.668. The van der Waals surface area contributed by atoms with Crippen molar-refractivity contribution in [1.29, 1.82) is 0 Å². The maximum Gasteiger partial charge on any atom is 0.408 e. The van der Waals surface area contributed by atoms with E-state index in [1.165, 1.54) is 17.7 Å². The summed E-state index contributed by atoms with van der Waals surface area (Å²) in [6.07, 6.45) is 9.37. The lowest BCUT2D eigenvalue weighted by Gasteiger charge is -2.33. The lowest BCUT2D eigenvalue weighted by molar-refractivity contribution is -0.149. The van der Waals surface area contributed by atoms with Gasteiger partial charge in [0.25, 0.3) is 0 Å². The van der Waals surface area contributed by atoms with E-state index in [4.69, 9.17) is 4.74 Å². The van der Waals surface area contributed by atoms with E-state index in [2.05, 4.69) is 10.2 Å². The number of alkyl carbamates (subject to hydrolysis) is 1. The topological polar surface area (TPSA) is 99.2 Å². The van der Waals surface area contributed by atoms with E-state index in [1.54, 1.807) is 20.8 Å². The summed E-state index contributed by atoms with van der Waals surface area (Å²) in [5, 5.41) is 12.7. The molecule has 0 aromatic heterocycles. The van der Waals surface area contributed by atoms with E-state index >= 15 is 0 Å². The van der Waals surface area contributed by atoms with Gasteiger partial charge in [-0.2, -0.15) is 0 Å². The summed E-state index contributed by atoms with van der Waals surface area (Å²) >= 11 is 0. The maximum absolute atomic E-state index is 13.6. The minimum absolute atomic E-state index is 0.0669. The molecule has 1 unspecified atom stereocenters. The Morgan fingerprint density at radius 1 is 1.03 bits per heavy atom. The number of hydrogen-bond donors (Lipinski definition) is 2. The molecule has 3 rings (SSSR count). The molecule has 8 heteroatoms. The summed E-state index contributed by atoms with van der Waals surface area (Å²) in [6.45, 7) is 7.69. The van der Waals surface area contributed by atoms with Crippen molar-refractivity contribution in [3.8, 4) is 0 Å². The van der Waals surface area contributed by atoms with Crippen LogP contribution < -0.4 is 5.32 Å². The van der Waals surface area contributed by atoms with Crippen molar-refractivity contribution in [3.63, 3.8) is 0 Å². The fourth-order valence-corrected chi connectivity index (χ4v) is 5.47. The Balaban J connectivity index is 1.74. The summed E-state index contributed by atoms with van der Waals surface area (Å²) < 4.78 is 5.42. The van der Waals surface area contributed by atoms with Crippen LogP contribution in [-0.4, -0.2) is 76.2 Å². The van der Waals surface area contributed by atoms with Crippen LogP contribution >= 0.6 is 0 Å². The lowest BCUT2D eigenvalue weighted by Crippen LogP contribution is -2.53. The molecule has 0 aromatic carbocycles. The van der Waals surface area contributed by atoms with E-state index in [-0.39, 0.29) is 11.9 Å². The van der Waals surface area contributed by atoms with Crippen molar-refractivity contribution in [2.75, 3.05) is 19.6 Å². The molecule has 3 fully saturated rings. The highest BCUT2D eigenvalue weighted by molar-refractivity contribution is 5.90. The van der Waals surface area contributed by atoms with Crippen LogP contribution in [0, 0.1) is 5.92 Å². The van der Waals surface area contributed by atoms with Crippen LogP contribution in [0.4, 0.5) is 4.79 Å². The third-order valence-electron chi connectivity index (χ3n) is 7.04. The van der Waals surface area contributed by atoms with E-state index in [9.17, 15) is 19.5 Å². The van der Waals surface area contributed by atoms with E-state index < -0.39 is 29.7 Å². The fourth-order valence-electron chi connectivity index (χ4n) is 5.47. The molecule has 2 saturated heterocycles. The Bertz CT molecular complexity index is 665. The normalized spacial score (nSPS) is 26.5. The van der Waals surface area contributed by atoms with Gasteiger partial charge in [0.1, 0.15) is 17.7 Å². The quantitative estimate of drug-likeness (QED) is 0.642. The van der Waals surface area contributed by atoms with Gasteiger partial charge < -0.3 is 20.1 Å². The molecule has 0 bridgehead atoms. The molecule has 182 valence electrons. The minimum Gasteiger partial charge on any atom is -0.480 e. The molecule has 0 radical (unpaired) electrons. The van der Waals surface area contributed by atoms with Crippen LogP contribution in [0.25, 0.3) is 0 Å². The zero-order valence-electron chi connectivity index (χ0n) is 20.0. The summed E-state index contributed by atoms with van der Waals surface area (Å²) in [5.74, 6) is -0.892. The SMILES string of the molecule is CC(C)(C)OC(=O)NC(CC1CCCCC1)C(=O)N1C[C@H](N2CCCCC2)C[C@H]1C(=O)O. The number of carbonyl (C=O) groups excluding carboxylic acids is 2. The number of carbonyl (C=O) groups is 3. The molecule has 1 aliphatic carbocycles. The second-order valence-corrected chi connectivity index (χ2v) is 10.8. The molecule has 2 heterocycles. The average molecular weight is 452 g/mol. The molecule has 2 N–H and O–H groups in total. The van der Waals surface area contributed by atoms with Gasteiger partial charge in [0, 0.05) is 12.6 Å². The predicted octanol–water partition coefficient (Wildman–Crippen LogP) is 3.39. The Hall–Kier alpha value is -1.83. The molecule has 32 heavy (non-hydrogen) atoms. The number of rotatable bonds is 6. The Morgan fingerprint density at radius 3 is 2.25 bits per heavy atom. The summed E-state index contributed by atoms with van der Waals surface area (Å²) in [4.78, 5) is 42.1. The van der Waals surface area contributed by atoms with Gasteiger partial charge in [-0.05, 0) is 65.5 Å². The van der Waals surface area contributed by atoms with Crippen molar-refractivity contribution in [2.45, 2.75) is 109 Å². The smallest absolute Gasteiger partial charge is 0.408 e. The van der Waals surface area contributed by atoms with Gasteiger partial charge in [-0.25, -0.2) is 9.59 Å². The number of amides is 2. The van der Waals surface area contributed by atoms with Crippen molar-refractivity contribution < 1.29 is 24.2 Å². The molecular weight excluding hydrogens is 410 g/mol. The number of hydrogen-bond acceptors (Lipinski definition) is 5. The summed E-state index contributed by atoms with van der Waals surface area (Å²) in [6, 6.07) is -1.53. The Labute approximate surface area is 192 Å². The third-order valence-corrected chi connectivity index (χ3v) is 7.04. The predicted molar refractivity (Wildman–Crippen MR) is 121 cm³/mol. The van der Waals surface area contributed by atoms with Crippen molar-refractivity contribution in [2.24, 2.45) is 5.92 Å². The Kier molecular flexibility index (Phi) is 8.42. The second kappa shape index (κ2) is 10.9. The standard InChI is InChI=1S/C24H41N3O5/c1-24(2,3)32-23(31)25-19(14-17-10-6-4-7-11-17)21(28)27-16-18(15-20(27)22(29)30)26-12-8-5-9-13-26/h17-20H,4-16H2,1-3H3,(H,25,31)(H,29,30)/t18-,19?,20+/m1/s1. The van der Waals surface area contributed by atoms with Crippen LogP contribution in [0.15, 0.2) is 0 Å². The number of nitrogens with zero attached hydrogens (tertiary/aromatic N) is 2. The van der Waals surface area contributed by atoms with Crippen LogP contribution in [-0.2, 0) is 14.3 Å². The molecule has 2 aliphatic heterocycles. The molecule has 0 aromatic rings. The second-order valence-electron chi connectivity index (χ2n) is 10.8. The number of piperidine rings is 1. The van der Waals surface area contributed by atoms with Gasteiger partial charge in [0.15, 0.2) is 0 Å². The van der Waals surface area contributed by atoms with Crippen molar-refractivity contribution in [1.82, 2.24) is 15.1 Å². The van der Waals surface area contributed by atoms with Crippen LogP contribution in [0.2, 0.25) is 0 Å². The highest BCUT2D eigenvalue weighted by Gasteiger charge is 2.44. The van der Waals surface area contributed by atoms with Gasteiger partial charge in [-0.15, -0.1) is 0 Å². The average Bonchev–Trinajstić information content (AvgIpc) is 3.19. The first-order valence-corrected chi connectivity index (χ1v) is 12.4. The van der Waals surface area contributed by atoms with Gasteiger partial charge >= 0.3 is 12.1 Å². The monoisotopic (exact) mass is 451 g/mol. The van der Waals surface area contributed by atoms with Crippen LogP contribution in [0.5, 0.6) is 0 Å². The lowest BCUT2D eigenvalue weighted by atomic mass is 9.84. The number of aliphatic carboxylic acids is 1. The van der Waals surface area contributed by atoms with Gasteiger partial charge in [-0.1, -0.05) is 38.5 Å². The van der Waals surface area contributed by atoms with Gasteiger partial charge in [0.2, 0.25) is 5.91 Å². The number of carboxylic acids is 1. The zero-order valence-corrected chi connectivity index (χ0v) is 20.0. The zero-order chi connectivity index (χ0) is 23.3.